The van der Waals surface area contributed by atoms with Crippen LogP contribution in [0.2, 0.25) is 0 Å². The second kappa shape index (κ2) is 3.61. The van der Waals surface area contributed by atoms with Crippen molar-refractivity contribution in [2.75, 3.05) is 5.32 Å². The van der Waals surface area contributed by atoms with Crippen LogP contribution in [0.3, 0.4) is 0 Å². The van der Waals surface area contributed by atoms with Crippen molar-refractivity contribution in [3.05, 3.63) is 28.2 Å². The van der Waals surface area contributed by atoms with Crippen molar-refractivity contribution in [2.24, 2.45) is 0 Å². The number of fused-ring (bicyclic) bond motifs is 1. The third-order valence-corrected chi connectivity index (χ3v) is 2.82. The highest BCUT2D eigenvalue weighted by molar-refractivity contribution is 9.10. The normalized spacial score (nSPS) is 23.7. The van der Waals surface area contributed by atoms with E-state index in [0.717, 1.165) is 6.07 Å². The molecule has 17 heavy (non-hydrogen) atoms. The minimum atomic E-state index is -5.01. The van der Waals surface area contributed by atoms with Crippen molar-refractivity contribution in [1.82, 2.24) is 5.32 Å². The van der Waals surface area contributed by atoms with Gasteiger partial charge in [0.2, 0.25) is 0 Å². The number of amides is 2. The van der Waals surface area contributed by atoms with E-state index in [-0.39, 0.29) is 5.69 Å². The van der Waals surface area contributed by atoms with E-state index in [4.69, 9.17) is 0 Å². The van der Waals surface area contributed by atoms with Crippen LogP contribution >= 0.6 is 15.9 Å². The minimum Gasteiger partial charge on any atom is -0.360 e. The molecule has 0 fully saturated rings. The van der Waals surface area contributed by atoms with Crippen LogP contribution in [0.5, 0.6) is 0 Å². The molecule has 1 aromatic carbocycles. The summed E-state index contributed by atoms with van der Waals surface area (Å²) in [5, 5.41) is 13.3. The van der Waals surface area contributed by atoms with Gasteiger partial charge in [-0.05, 0) is 18.2 Å². The lowest BCUT2D eigenvalue weighted by Crippen LogP contribution is -2.60. The molecule has 8 heteroatoms. The van der Waals surface area contributed by atoms with Crippen molar-refractivity contribution >= 4 is 27.6 Å². The van der Waals surface area contributed by atoms with Crippen LogP contribution in [-0.4, -0.2) is 17.3 Å². The van der Waals surface area contributed by atoms with E-state index in [1.54, 1.807) is 0 Å². The van der Waals surface area contributed by atoms with Crippen LogP contribution in [0.4, 0.5) is 23.7 Å². The molecule has 1 unspecified atom stereocenters. The second-order valence-corrected chi connectivity index (χ2v) is 4.39. The van der Waals surface area contributed by atoms with E-state index >= 15 is 0 Å². The Morgan fingerprint density at radius 3 is 2.59 bits per heavy atom. The summed E-state index contributed by atoms with van der Waals surface area (Å²) in [6.07, 6.45) is -5.01. The maximum absolute atomic E-state index is 12.8. The largest absolute Gasteiger partial charge is 0.441 e. The summed E-state index contributed by atoms with van der Waals surface area (Å²) in [6.45, 7) is 0. The minimum absolute atomic E-state index is 0.0863. The fourth-order valence-corrected chi connectivity index (χ4v) is 1.89. The Bertz CT molecular complexity index is 492. The number of hydrogen-bond donors (Lipinski definition) is 3. The molecule has 2 rings (SSSR count). The Hall–Kier alpha value is -1.28. The lowest BCUT2D eigenvalue weighted by Gasteiger charge is -2.36. The fourth-order valence-electron chi connectivity index (χ4n) is 1.53. The molecule has 0 radical (unpaired) electrons. The zero-order valence-electron chi connectivity index (χ0n) is 8.10. The van der Waals surface area contributed by atoms with Gasteiger partial charge >= 0.3 is 12.2 Å². The molecular weight excluding hydrogens is 305 g/mol. The molecule has 4 nitrogen and oxygen atoms in total. The summed E-state index contributed by atoms with van der Waals surface area (Å²) in [5.41, 5.74) is -3.93. The predicted molar refractivity (Wildman–Crippen MR) is 56.2 cm³/mol. The topological polar surface area (TPSA) is 61.4 Å². The van der Waals surface area contributed by atoms with Crippen molar-refractivity contribution in [1.29, 1.82) is 0 Å². The summed E-state index contributed by atoms with van der Waals surface area (Å²) in [4.78, 5) is 11.1. The Labute approximate surface area is 102 Å². The summed E-state index contributed by atoms with van der Waals surface area (Å²) >= 11 is 3.00. The molecule has 0 saturated heterocycles. The Morgan fingerprint density at radius 2 is 2.00 bits per heavy atom. The number of halogens is 4. The molecule has 1 heterocycles. The number of alkyl halides is 3. The van der Waals surface area contributed by atoms with Crippen molar-refractivity contribution in [3.8, 4) is 0 Å². The molecule has 1 atom stereocenters. The van der Waals surface area contributed by atoms with E-state index in [1.807, 2.05) is 0 Å². The highest BCUT2D eigenvalue weighted by atomic mass is 79.9. The zero-order chi connectivity index (χ0) is 12.8. The molecule has 92 valence electrons. The molecule has 2 amide bonds. The van der Waals surface area contributed by atoms with Gasteiger partial charge in [-0.2, -0.15) is 13.2 Å². The summed E-state index contributed by atoms with van der Waals surface area (Å²) < 4.78 is 38.8. The average Bonchev–Trinajstić information content (AvgIpc) is 2.17. The number of carbonyl (C=O) groups excluding carboxylic acids is 1. The number of carbonyl (C=O) groups is 1. The van der Waals surface area contributed by atoms with Gasteiger partial charge in [0.15, 0.2) is 0 Å². The number of aliphatic hydroxyl groups is 1. The third-order valence-electron chi connectivity index (χ3n) is 2.32. The highest BCUT2D eigenvalue weighted by Crippen LogP contribution is 2.42. The van der Waals surface area contributed by atoms with Crippen molar-refractivity contribution in [2.45, 2.75) is 11.9 Å². The number of rotatable bonds is 0. The molecule has 0 bridgehead atoms. The first-order chi connectivity index (χ1) is 7.74. The van der Waals surface area contributed by atoms with Crippen LogP contribution in [-0.2, 0) is 5.72 Å². The molecular formula is C9H6BrF3N2O2. The van der Waals surface area contributed by atoms with Gasteiger partial charge < -0.3 is 10.4 Å². The van der Waals surface area contributed by atoms with Gasteiger partial charge in [0.25, 0.3) is 5.72 Å². The maximum Gasteiger partial charge on any atom is 0.441 e. The van der Waals surface area contributed by atoms with E-state index in [0.29, 0.717) is 4.47 Å². The van der Waals surface area contributed by atoms with Crippen LogP contribution in [0.1, 0.15) is 5.56 Å². The highest BCUT2D eigenvalue weighted by Gasteiger charge is 2.59. The van der Waals surface area contributed by atoms with Gasteiger partial charge in [0.1, 0.15) is 0 Å². The lowest BCUT2D eigenvalue weighted by molar-refractivity contribution is -0.274. The van der Waals surface area contributed by atoms with Crippen LogP contribution in [0.25, 0.3) is 0 Å². The maximum atomic E-state index is 12.8. The number of urea groups is 1. The first-order valence-electron chi connectivity index (χ1n) is 4.42. The first-order valence-corrected chi connectivity index (χ1v) is 5.21. The van der Waals surface area contributed by atoms with Crippen molar-refractivity contribution < 1.29 is 23.1 Å². The van der Waals surface area contributed by atoms with Gasteiger partial charge in [-0.15, -0.1) is 0 Å². The number of nitrogens with one attached hydrogen (secondary N) is 2. The monoisotopic (exact) mass is 310 g/mol. The summed E-state index contributed by atoms with van der Waals surface area (Å²) in [6, 6.07) is 2.71. The zero-order valence-corrected chi connectivity index (χ0v) is 9.69. The van der Waals surface area contributed by atoms with Gasteiger partial charge in [0.05, 0.1) is 5.69 Å². The lowest BCUT2D eigenvalue weighted by atomic mass is 9.98. The van der Waals surface area contributed by atoms with Gasteiger partial charge in [-0.25, -0.2) is 4.79 Å². The van der Waals surface area contributed by atoms with E-state index in [9.17, 15) is 23.1 Å². The molecule has 0 saturated carbocycles. The second-order valence-electron chi connectivity index (χ2n) is 3.48. The molecule has 1 aromatic rings. The number of benzene rings is 1. The molecule has 0 aliphatic carbocycles. The molecule has 1 aliphatic rings. The molecule has 3 N–H and O–H groups in total. The number of hydrogen-bond acceptors (Lipinski definition) is 2. The average molecular weight is 311 g/mol. The first kappa shape index (κ1) is 12.2. The molecule has 1 aliphatic heterocycles. The third kappa shape index (κ3) is 1.87. The van der Waals surface area contributed by atoms with Crippen LogP contribution in [0.15, 0.2) is 22.7 Å². The van der Waals surface area contributed by atoms with E-state index in [1.165, 1.54) is 17.4 Å². The molecule has 0 aromatic heterocycles. The van der Waals surface area contributed by atoms with E-state index in [2.05, 4.69) is 21.2 Å². The summed E-state index contributed by atoms with van der Waals surface area (Å²) in [5.74, 6) is 0. The number of anilines is 1. The molecule has 0 spiro atoms. The smallest absolute Gasteiger partial charge is 0.360 e. The van der Waals surface area contributed by atoms with Crippen LogP contribution in [0, 0.1) is 0 Å². The van der Waals surface area contributed by atoms with Gasteiger partial charge in [0, 0.05) is 10.0 Å². The van der Waals surface area contributed by atoms with Gasteiger partial charge in [-0.1, -0.05) is 15.9 Å². The van der Waals surface area contributed by atoms with Crippen LogP contribution < -0.4 is 10.6 Å². The Kier molecular flexibility index (Phi) is 2.58. The quantitative estimate of drug-likeness (QED) is 0.688. The predicted octanol–water partition coefficient (Wildman–Crippen LogP) is 2.29. The SMILES string of the molecule is O=C1Nc2ccc(Br)cc2C(O)(C(F)(F)F)N1. The summed E-state index contributed by atoms with van der Waals surface area (Å²) in [7, 11) is 0. The Morgan fingerprint density at radius 1 is 1.35 bits per heavy atom. The van der Waals surface area contributed by atoms with Crippen molar-refractivity contribution in [3.63, 3.8) is 0 Å². The van der Waals surface area contributed by atoms with E-state index < -0.39 is 23.5 Å². The fraction of sp³-hybridized carbons (Fsp3) is 0.222. The standard InChI is InChI=1S/C9H6BrF3N2O2/c10-4-1-2-6-5(3-4)8(17,9(11,12)13)15-7(16)14-6/h1-3,17H,(H2,14,15,16). The Balaban J connectivity index is 2.65. The van der Waals surface area contributed by atoms with Gasteiger partial charge in [-0.3, -0.25) is 5.32 Å².